The molecule has 0 radical (unpaired) electrons. The van der Waals surface area contributed by atoms with Gasteiger partial charge >= 0.3 is 7.12 Å². The van der Waals surface area contributed by atoms with Crippen molar-refractivity contribution in [1.29, 1.82) is 0 Å². The van der Waals surface area contributed by atoms with Gasteiger partial charge < -0.3 is 10.0 Å². The summed E-state index contributed by atoms with van der Waals surface area (Å²) < 4.78 is 0. The molecule has 0 heterocycles. The molecule has 22 heavy (non-hydrogen) atoms. The molecule has 108 valence electrons. The Bertz CT molecular complexity index is 782. The quantitative estimate of drug-likeness (QED) is 0.727. The molecule has 0 bridgehead atoms. The third-order valence-electron chi connectivity index (χ3n) is 3.83. The van der Waals surface area contributed by atoms with Gasteiger partial charge in [0.25, 0.3) is 0 Å². The van der Waals surface area contributed by atoms with Gasteiger partial charge in [0.2, 0.25) is 0 Å². The Balaban J connectivity index is 2.01. The Kier molecular flexibility index (Phi) is 4.10. The van der Waals surface area contributed by atoms with E-state index in [1.54, 1.807) is 6.07 Å². The lowest BCUT2D eigenvalue weighted by Crippen LogP contribution is -2.29. The Hall–Kier alpha value is -2.36. The van der Waals surface area contributed by atoms with E-state index in [0.29, 0.717) is 5.46 Å². The van der Waals surface area contributed by atoms with Crippen molar-refractivity contribution in [1.82, 2.24) is 0 Å². The van der Waals surface area contributed by atoms with Crippen molar-refractivity contribution in [2.24, 2.45) is 0 Å². The van der Waals surface area contributed by atoms with Gasteiger partial charge in [0.15, 0.2) is 0 Å². The van der Waals surface area contributed by atoms with E-state index in [1.165, 1.54) is 11.1 Å². The number of hydrogen-bond donors (Lipinski definition) is 2. The van der Waals surface area contributed by atoms with E-state index in [1.807, 2.05) is 36.4 Å². The lowest BCUT2D eigenvalue weighted by molar-refractivity contribution is 0.426. The van der Waals surface area contributed by atoms with Crippen molar-refractivity contribution in [3.05, 3.63) is 78.4 Å². The fourth-order valence-electron chi connectivity index (χ4n) is 2.66. The van der Waals surface area contributed by atoms with Crippen LogP contribution in [0.25, 0.3) is 22.3 Å². The van der Waals surface area contributed by atoms with E-state index in [4.69, 9.17) is 0 Å². The molecule has 0 saturated carbocycles. The van der Waals surface area contributed by atoms with Gasteiger partial charge in [-0.15, -0.1) is 0 Å². The number of benzene rings is 3. The third-order valence-corrected chi connectivity index (χ3v) is 3.83. The van der Waals surface area contributed by atoms with Gasteiger partial charge in [-0.1, -0.05) is 72.8 Å². The van der Waals surface area contributed by atoms with Crippen LogP contribution in [0.4, 0.5) is 0 Å². The molecule has 0 aliphatic carbocycles. The predicted octanol–water partition coefficient (Wildman–Crippen LogP) is 3.01. The first-order valence-corrected chi connectivity index (χ1v) is 7.28. The molecule has 3 heteroatoms. The third kappa shape index (κ3) is 2.96. The average molecular weight is 288 g/mol. The summed E-state index contributed by atoms with van der Waals surface area (Å²) in [5.74, 6) is 0. The van der Waals surface area contributed by atoms with E-state index in [0.717, 1.165) is 16.7 Å². The Morgan fingerprint density at radius 2 is 1.41 bits per heavy atom. The zero-order valence-electron chi connectivity index (χ0n) is 12.4. The van der Waals surface area contributed by atoms with Gasteiger partial charge in [0, 0.05) is 0 Å². The second-order valence-electron chi connectivity index (χ2n) is 5.39. The molecule has 2 nitrogen and oxygen atoms in total. The Morgan fingerprint density at radius 3 is 2.09 bits per heavy atom. The number of rotatable bonds is 3. The van der Waals surface area contributed by atoms with Crippen LogP contribution in [0.5, 0.6) is 0 Å². The van der Waals surface area contributed by atoms with Crippen LogP contribution in [-0.4, -0.2) is 17.2 Å². The molecule has 0 aliphatic heterocycles. The zero-order chi connectivity index (χ0) is 15.5. The molecular formula is C19H17BO2. The van der Waals surface area contributed by atoms with E-state index in [9.17, 15) is 10.0 Å². The molecule has 0 spiro atoms. The summed E-state index contributed by atoms with van der Waals surface area (Å²) in [5.41, 5.74) is 6.12. The van der Waals surface area contributed by atoms with Crippen molar-refractivity contribution in [3.8, 4) is 22.3 Å². The van der Waals surface area contributed by atoms with Gasteiger partial charge in [0.05, 0.1) is 0 Å². The van der Waals surface area contributed by atoms with Crippen molar-refractivity contribution < 1.29 is 10.0 Å². The highest BCUT2D eigenvalue weighted by Crippen LogP contribution is 2.28. The summed E-state index contributed by atoms with van der Waals surface area (Å²) in [4.78, 5) is 0. The Labute approximate surface area is 130 Å². The van der Waals surface area contributed by atoms with Crippen LogP contribution in [0.1, 0.15) is 5.56 Å². The topological polar surface area (TPSA) is 40.5 Å². The minimum Gasteiger partial charge on any atom is -0.423 e. The minimum absolute atomic E-state index is 0.504. The summed E-state index contributed by atoms with van der Waals surface area (Å²) in [7, 11) is -1.44. The molecule has 3 aromatic rings. The maximum atomic E-state index is 9.31. The minimum atomic E-state index is -1.44. The van der Waals surface area contributed by atoms with Crippen LogP contribution >= 0.6 is 0 Å². The molecule has 0 fully saturated rings. The summed E-state index contributed by atoms with van der Waals surface area (Å²) in [6, 6.07) is 24.0. The summed E-state index contributed by atoms with van der Waals surface area (Å²) in [6.45, 7) is 2.07. The first kappa shape index (κ1) is 14.6. The van der Waals surface area contributed by atoms with E-state index in [-0.39, 0.29) is 0 Å². The molecule has 3 rings (SSSR count). The fraction of sp³-hybridized carbons (Fsp3) is 0.0526. The van der Waals surface area contributed by atoms with Crippen LogP contribution in [0.3, 0.4) is 0 Å². The fourth-order valence-corrected chi connectivity index (χ4v) is 2.66. The van der Waals surface area contributed by atoms with Crippen LogP contribution in [-0.2, 0) is 0 Å². The van der Waals surface area contributed by atoms with E-state index in [2.05, 4.69) is 37.3 Å². The van der Waals surface area contributed by atoms with Gasteiger partial charge in [0.1, 0.15) is 0 Å². The van der Waals surface area contributed by atoms with Crippen molar-refractivity contribution in [3.63, 3.8) is 0 Å². The Morgan fingerprint density at radius 1 is 0.682 bits per heavy atom. The van der Waals surface area contributed by atoms with E-state index < -0.39 is 7.12 Å². The molecule has 0 amide bonds. The molecule has 3 aromatic carbocycles. The maximum Gasteiger partial charge on any atom is 0.488 e. The van der Waals surface area contributed by atoms with Gasteiger partial charge in [-0.25, -0.2) is 0 Å². The number of hydrogen-bond acceptors (Lipinski definition) is 2. The van der Waals surface area contributed by atoms with Crippen LogP contribution in [0, 0.1) is 6.92 Å². The van der Waals surface area contributed by atoms with Crippen molar-refractivity contribution in [2.45, 2.75) is 6.92 Å². The zero-order valence-corrected chi connectivity index (χ0v) is 12.4. The molecule has 2 N–H and O–H groups in total. The molecule has 0 aromatic heterocycles. The molecule has 0 saturated heterocycles. The average Bonchev–Trinajstić information content (AvgIpc) is 2.55. The normalized spacial score (nSPS) is 10.5. The summed E-state index contributed by atoms with van der Waals surface area (Å²) in [6.07, 6.45) is 0. The second kappa shape index (κ2) is 6.18. The highest BCUT2D eigenvalue weighted by atomic mass is 16.4. The summed E-state index contributed by atoms with van der Waals surface area (Å²) >= 11 is 0. The first-order valence-electron chi connectivity index (χ1n) is 7.28. The lowest BCUT2D eigenvalue weighted by atomic mass is 9.79. The summed E-state index contributed by atoms with van der Waals surface area (Å²) in [5, 5.41) is 18.6. The maximum absolute atomic E-state index is 9.31. The van der Waals surface area contributed by atoms with Crippen LogP contribution in [0.15, 0.2) is 72.8 Å². The lowest BCUT2D eigenvalue weighted by Gasteiger charge is -2.10. The number of aryl methyl sites for hydroxylation is 1. The highest BCUT2D eigenvalue weighted by molar-refractivity contribution is 6.58. The smallest absolute Gasteiger partial charge is 0.423 e. The second-order valence-corrected chi connectivity index (χ2v) is 5.39. The van der Waals surface area contributed by atoms with Crippen LogP contribution in [0.2, 0.25) is 0 Å². The molecular weight excluding hydrogens is 271 g/mol. The van der Waals surface area contributed by atoms with E-state index >= 15 is 0 Å². The molecule has 0 aliphatic rings. The first-order chi connectivity index (χ1) is 10.6. The molecule has 0 unspecified atom stereocenters. The van der Waals surface area contributed by atoms with Crippen molar-refractivity contribution >= 4 is 12.6 Å². The van der Waals surface area contributed by atoms with Gasteiger partial charge in [-0.3, -0.25) is 0 Å². The monoisotopic (exact) mass is 288 g/mol. The standard InChI is InChI=1S/C19H17BO2/c1-14-12-16(15-6-3-2-4-7-15)10-11-19(14)17-8-5-9-18(13-17)20(21)22/h2-13,21-22H,1H3. The van der Waals surface area contributed by atoms with Crippen LogP contribution < -0.4 is 5.46 Å². The van der Waals surface area contributed by atoms with Gasteiger partial charge in [-0.2, -0.15) is 0 Å². The van der Waals surface area contributed by atoms with Crippen molar-refractivity contribution in [2.75, 3.05) is 0 Å². The molecule has 0 atom stereocenters. The van der Waals surface area contributed by atoms with Gasteiger partial charge in [-0.05, 0) is 40.2 Å². The highest BCUT2D eigenvalue weighted by Gasteiger charge is 2.12. The predicted molar refractivity (Wildman–Crippen MR) is 91.9 cm³/mol. The SMILES string of the molecule is Cc1cc(-c2ccccc2)ccc1-c1cccc(B(O)O)c1. The largest absolute Gasteiger partial charge is 0.488 e.